The molecular formula is C16H20FN3. The Balaban J connectivity index is 2.45. The Bertz CT molecular complexity index is 587. The van der Waals surface area contributed by atoms with E-state index in [1.165, 1.54) is 17.7 Å². The number of nitrogens with one attached hydrogen (secondary N) is 1. The third-order valence-corrected chi connectivity index (χ3v) is 3.41. The second-order valence-corrected chi connectivity index (χ2v) is 5.10. The molecule has 0 saturated carbocycles. The molecule has 0 aliphatic heterocycles. The quantitative estimate of drug-likeness (QED) is 0.929. The molecule has 0 radical (unpaired) electrons. The lowest BCUT2D eigenvalue weighted by atomic mass is 9.98. The van der Waals surface area contributed by atoms with Crippen molar-refractivity contribution in [3.8, 4) is 11.4 Å². The molecule has 0 saturated heterocycles. The van der Waals surface area contributed by atoms with Crippen LogP contribution < -0.4 is 5.32 Å². The zero-order valence-electron chi connectivity index (χ0n) is 12.4. The first-order valence-corrected chi connectivity index (χ1v) is 6.78. The predicted octanol–water partition coefficient (Wildman–Crippen LogP) is 3.22. The van der Waals surface area contributed by atoms with E-state index in [-0.39, 0.29) is 5.82 Å². The third-order valence-electron chi connectivity index (χ3n) is 3.41. The van der Waals surface area contributed by atoms with Gasteiger partial charge in [0.25, 0.3) is 0 Å². The molecule has 0 amide bonds. The van der Waals surface area contributed by atoms with Gasteiger partial charge in [-0.25, -0.2) is 14.4 Å². The number of hydrogen-bond acceptors (Lipinski definition) is 3. The molecule has 0 aliphatic carbocycles. The van der Waals surface area contributed by atoms with Gasteiger partial charge in [-0.1, -0.05) is 19.1 Å². The molecular weight excluding hydrogens is 253 g/mol. The van der Waals surface area contributed by atoms with Crippen LogP contribution in [0.1, 0.15) is 29.8 Å². The summed E-state index contributed by atoms with van der Waals surface area (Å²) in [5, 5.41) is 3.17. The number of rotatable bonds is 4. The van der Waals surface area contributed by atoms with Gasteiger partial charge in [0.15, 0.2) is 5.82 Å². The fourth-order valence-corrected chi connectivity index (χ4v) is 2.60. The highest BCUT2D eigenvalue weighted by Crippen LogP contribution is 2.24. The van der Waals surface area contributed by atoms with Crippen LogP contribution >= 0.6 is 0 Å². The lowest BCUT2D eigenvalue weighted by Gasteiger charge is -2.17. The summed E-state index contributed by atoms with van der Waals surface area (Å²) in [7, 11) is 1.93. The molecule has 2 rings (SSSR count). The largest absolute Gasteiger partial charge is 0.319 e. The number of aryl methyl sites for hydroxylation is 2. The highest BCUT2D eigenvalue weighted by molar-refractivity contribution is 5.55. The van der Waals surface area contributed by atoms with Crippen molar-refractivity contribution in [2.45, 2.75) is 26.7 Å². The van der Waals surface area contributed by atoms with Crippen LogP contribution in [0.4, 0.5) is 4.39 Å². The second-order valence-electron chi connectivity index (χ2n) is 5.10. The van der Waals surface area contributed by atoms with E-state index in [0.29, 0.717) is 17.3 Å². The Kier molecular flexibility index (Phi) is 4.45. The summed E-state index contributed by atoms with van der Waals surface area (Å²) in [6.07, 6.45) is 0. The van der Waals surface area contributed by atoms with E-state index in [1.807, 2.05) is 27.0 Å². The van der Waals surface area contributed by atoms with Gasteiger partial charge in [0, 0.05) is 23.5 Å². The molecule has 0 bridgehead atoms. The van der Waals surface area contributed by atoms with Gasteiger partial charge in [-0.15, -0.1) is 0 Å². The van der Waals surface area contributed by atoms with Gasteiger partial charge < -0.3 is 5.32 Å². The first-order chi connectivity index (χ1) is 9.52. The van der Waals surface area contributed by atoms with Crippen LogP contribution in [0.25, 0.3) is 11.4 Å². The summed E-state index contributed by atoms with van der Waals surface area (Å²) in [6.45, 7) is 7.00. The van der Waals surface area contributed by atoms with Crippen LogP contribution in [0.5, 0.6) is 0 Å². The lowest BCUT2D eigenvalue weighted by molar-refractivity contribution is 0.628. The minimum atomic E-state index is -0.269. The number of nitrogens with zero attached hydrogens (tertiary/aromatic N) is 2. The summed E-state index contributed by atoms with van der Waals surface area (Å²) in [4.78, 5) is 9.09. The van der Waals surface area contributed by atoms with E-state index >= 15 is 0 Å². The first kappa shape index (κ1) is 14.6. The van der Waals surface area contributed by atoms with Crippen molar-refractivity contribution in [1.82, 2.24) is 15.3 Å². The Labute approximate surface area is 119 Å². The fourth-order valence-electron chi connectivity index (χ4n) is 2.60. The topological polar surface area (TPSA) is 37.8 Å². The maximum atomic E-state index is 13.3. The molecule has 0 aliphatic rings. The third kappa shape index (κ3) is 3.02. The fraction of sp³-hybridized carbons (Fsp3) is 0.375. The Morgan fingerprint density at radius 1 is 1.20 bits per heavy atom. The van der Waals surface area contributed by atoms with E-state index in [4.69, 9.17) is 0 Å². The summed E-state index contributed by atoms with van der Waals surface area (Å²) in [5.74, 6) is 0.663. The van der Waals surface area contributed by atoms with Gasteiger partial charge in [0.1, 0.15) is 5.82 Å². The number of hydrogen-bond donors (Lipinski definition) is 1. The van der Waals surface area contributed by atoms with Gasteiger partial charge in [-0.05, 0) is 44.5 Å². The monoisotopic (exact) mass is 273 g/mol. The maximum absolute atomic E-state index is 13.3. The normalized spacial score (nSPS) is 12.4. The molecule has 1 atom stereocenters. The molecule has 1 aromatic heterocycles. The van der Waals surface area contributed by atoms with Crippen LogP contribution in [0, 0.1) is 19.7 Å². The summed E-state index contributed by atoms with van der Waals surface area (Å²) in [6, 6.07) is 6.39. The van der Waals surface area contributed by atoms with E-state index < -0.39 is 0 Å². The first-order valence-electron chi connectivity index (χ1n) is 6.78. The maximum Gasteiger partial charge on any atom is 0.159 e. The predicted molar refractivity (Wildman–Crippen MR) is 79.2 cm³/mol. The number of likely N-dealkylation sites (N-methyl/N-ethyl adjacent to an activating group) is 1. The number of benzene rings is 1. The minimum absolute atomic E-state index is 0.269. The Morgan fingerprint density at radius 2 is 1.85 bits per heavy atom. The number of aromatic nitrogens is 2. The lowest BCUT2D eigenvalue weighted by Crippen LogP contribution is -2.17. The summed E-state index contributed by atoms with van der Waals surface area (Å²) >= 11 is 0. The molecule has 106 valence electrons. The average Bonchev–Trinajstić information content (AvgIpc) is 2.38. The zero-order chi connectivity index (χ0) is 14.7. The van der Waals surface area contributed by atoms with Crippen molar-refractivity contribution < 1.29 is 4.39 Å². The molecule has 0 spiro atoms. The van der Waals surface area contributed by atoms with Crippen molar-refractivity contribution in [1.29, 1.82) is 0 Å². The molecule has 0 fully saturated rings. The van der Waals surface area contributed by atoms with Gasteiger partial charge in [-0.2, -0.15) is 0 Å². The van der Waals surface area contributed by atoms with E-state index in [0.717, 1.165) is 17.9 Å². The van der Waals surface area contributed by atoms with Gasteiger partial charge >= 0.3 is 0 Å². The molecule has 1 unspecified atom stereocenters. The standard InChI is InChI=1S/C16H20FN3/c1-10(9-18-4)15-11(2)19-16(20-12(15)3)13-6-5-7-14(17)8-13/h5-8,10,18H,9H2,1-4H3. The van der Waals surface area contributed by atoms with Crippen molar-refractivity contribution in [2.75, 3.05) is 13.6 Å². The van der Waals surface area contributed by atoms with Crippen LogP contribution in [-0.2, 0) is 0 Å². The highest BCUT2D eigenvalue weighted by Gasteiger charge is 2.15. The molecule has 1 aromatic carbocycles. The molecule has 1 N–H and O–H groups in total. The molecule has 2 aromatic rings. The number of halogens is 1. The van der Waals surface area contributed by atoms with E-state index in [9.17, 15) is 4.39 Å². The van der Waals surface area contributed by atoms with Crippen molar-refractivity contribution in [3.05, 3.63) is 47.0 Å². The molecule has 1 heterocycles. The van der Waals surface area contributed by atoms with Crippen LogP contribution in [-0.4, -0.2) is 23.6 Å². The second kappa shape index (κ2) is 6.09. The molecule has 20 heavy (non-hydrogen) atoms. The highest BCUT2D eigenvalue weighted by atomic mass is 19.1. The van der Waals surface area contributed by atoms with Gasteiger partial charge in [0.2, 0.25) is 0 Å². The smallest absolute Gasteiger partial charge is 0.159 e. The average molecular weight is 273 g/mol. The minimum Gasteiger partial charge on any atom is -0.319 e. The van der Waals surface area contributed by atoms with Crippen molar-refractivity contribution in [2.24, 2.45) is 0 Å². The van der Waals surface area contributed by atoms with Crippen LogP contribution in [0.3, 0.4) is 0 Å². The summed E-state index contributed by atoms with van der Waals surface area (Å²) in [5.41, 5.74) is 3.79. The molecule has 3 nitrogen and oxygen atoms in total. The van der Waals surface area contributed by atoms with E-state index in [1.54, 1.807) is 6.07 Å². The molecule has 4 heteroatoms. The Hall–Kier alpha value is -1.81. The van der Waals surface area contributed by atoms with Gasteiger partial charge in [-0.3, -0.25) is 0 Å². The van der Waals surface area contributed by atoms with Crippen molar-refractivity contribution >= 4 is 0 Å². The Morgan fingerprint density at radius 3 is 2.40 bits per heavy atom. The van der Waals surface area contributed by atoms with Crippen LogP contribution in [0.2, 0.25) is 0 Å². The van der Waals surface area contributed by atoms with Crippen LogP contribution in [0.15, 0.2) is 24.3 Å². The SMILES string of the molecule is CNCC(C)c1c(C)nc(-c2cccc(F)c2)nc1C. The van der Waals surface area contributed by atoms with Gasteiger partial charge in [0.05, 0.1) is 0 Å². The van der Waals surface area contributed by atoms with Crippen molar-refractivity contribution in [3.63, 3.8) is 0 Å². The zero-order valence-corrected chi connectivity index (χ0v) is 12.4. The summed E-state index contributed by atoms with van der Waals surface area (Å²) < 4.78 is 13.3. The van der Waals surface area contributed by atoms with E-state index in [2.05, 4.69) is 22.2 Å².